The molecule has 106 valence electrons. The highest BCUT2D eigenvalue weighted by molar-refractivity contribution is 5.80. The van der Waals surface area contributed by atoms with E-state index in [2.05, 4.69) is 22.2 Å². The van der Waals surface area contributed by atoms with E-state index >= 15 is 0 Å². The second-order valence-corrected chi connectivity index (χ2v) is 4.98. The van der Waals surface area contributed by atoms with E-state index < -0.39 is 0 Å². The number of morpholine rings is 1. The van der Waals surface area contributed by atoms with Crippen LogP contribution in [0.15, 0.2) is 0 Å². The Morgan fingerprint density at radius 2 is 2.26 bits per heavy atom. The normalized spacial score (nSPS) is 20.5. The number of carbonyl (C=O) groups excluding carboxylic acids is 1. The summed E-state index contributed by atoms with van der Waals surface area (Å²) in [6, 6.07) is 0. The Balaban J connectivity index is 2.04. The smallest absolute Gasteiger partial charge is 0.250 e. The zero-order valence-corrected chi connectivity index (χ0v) is 12.1. The van der Waals surface area contributed by atoms with Crippen molar-refractivity contribution in [2.45, 2.75) is 26.5 Å². The molecule has 1 saturated heterocycles. The van der Waals surface area contributed by atoms with Gasteiger partial charge in [0.25, 0.3) is 0 Å². The lowest BCUT2D eigenvalue weighted by atomic mass is 10.1. The van der Waals surface area contributed by atoms with Crippen LogP contribution < -0.4 is 5.32 Å². The van der Waals surface area contributed by atoms with Crippen molar-refractivity contribution in [3.05, 3.63) is 17.0 Å². The van der Waals surface area contributed by atoms with Crippen LogP contribution in [0.5, 0.6) is 0 Å². The number of carbonyl (C=O) groups is 1. The highest BCUT2D eigenvalue weighted by atomic mass is 16.5. The molecule has 1 N–H and O–H groups in total. The van der Waals surface area contributed by atoms with Crippen LogP contribution in [0.2, 0.25) is 0 Å². The Labute approximate surface area is 113 Å². The number of hydrogen-bond donors (Lipinski definition) is 1. The van der Waals surface area contributed by atoms with Gasteiger partial charge in [-0.15, -0.1) is 0 Å². The van der Waals surface area contributed by atoms with Crippen LogP contribution in [0, 0.1) is 13.8 Å². The summed E-state index contributed by atoms with van der Waals surface area (Å²) in [4.78, 5) is 13.9. The SMILES string of the molecule is CNC(=O)C1CN(Cc2c(C)nn(C)c2C)CCO1. The predicted octanol–water partition coefficient (Wildman–Crippen LogP) is -0.0163. The van der Waals surface area contributed by atoms with Crippen molar-refractivity contribution in [1.29, 1.82) is 0 Å². The van der Waals surface area contributed by atoms with Crippen LogP contribution in [-0.4, -0.2) is 53.4 Å². The molecule has 2 heterocycles. The lowest BCUT2D eigenvalue weighted by molar-refractivity contribution is -0.138. The maximum Gasteiger partial charge on any atom is 0.250 e. The minimum atomic E-state index is -0.365. The van der Waals surface area contributed by atoms with Crippen molar-refractivity contribution in [2.24, 2.45) is 7.05 Å². The summed E-state index contributed by atoms with van der Waals surface area (Å²) in [6.45, 7) is 7.00. The van der Waals surface area contributed by atoms with Gasteiger partial charge in [0.15, 0.2) is 0 Å². The van der Waals surface area contributed by atoms with E-state index in [1.165, 1.54) is 11.3 Å². The molecular formula is C13H22N4O2. The minimum absolute atomic E-state index is 0.0515. The minimum Gasteiger partial charge on any atom is -0.366 e. The molecule has 0 radical (unpaired) electrons. The predicted molar refractivity (Wildman–Crippen MR) is 71.8 cm³/mol. The maximum atomic E-state index is 11.6. The van der Waals surface area contributed by atoms with Crippen molar-refractivity contribution in [2.75, 3.05) is 26.7 Å². The zero-order valence-electron chi connectivity index (χ0n) is 12.1. The number of likely N-dealkylation sites (N-methyl/N-ethyl adjacent to an activating group) is 1. The Hall–Kier alpha value is -1.40. The molecule has 1 aromatic rings. The average molecular weight is 266 g/mol. The lowest BCUT2D eigenvalue weighted by Gasteiger charge is -2.31. The second-order valence-electron chi connectivity index (χ2n) is 4.98. The fourth-order valence-corrected chi connectivity index (χ4v) is 2.44. The van der Waals surface area contributed by atoms with E-state index in [1.807, 2.05) is 18.7 Å². The molecule has 1 fully saturated rings. The Bertz CT molecular complexity index is 469. The number of aryl methyl sites for hydroxylation is 2. The van der Waals surface area contributed by atoms with Crippen LogP contribution in [0.1, 0.15) is 17.0 Å². The van der Waals surface area contributed by atoms with Gasteiger partial charge >= 0.3 is 0 Å². The highest BCUT2D eigenvalue weighted by Gasteiger charge is 2.26. The van der Waals surface area contributed by atoms with Gasteiger partial charge in [-0.2, -0.15) is 5.10 Å². The van der Waals surface area contributed by atoms with Crippen LogP contribution in [0.4, 0.5) is 0 Å². The molecule has 0 aromatic carbocycles. The highest BCUT2D eigenvalue weighted by Crippen LogP contribution is 2.16. The molecule has 6 nitrogen and oxygen atoms in total. The van der Waals surface area contributed by atoms with Gasteiger partial charge in [-0.25, -0.2) is 0 Å². The van der Waals surface area contributed by atoms with Gasteiger partial charge in [-0.05, 0) is 13.8 Å². The summed E-state index contributed by atoms with van der Waals surface area (Å²) in [5.74, 6) is -0.0515. The summed E-state index contributed by atoms with van der Waals surface area (Å²) in [6.07, 6.45) is -0.365. The quantitative estimate of drug-likeness (QED) is 0.835. The largest absolute Gasteiger partial charge is 0.366 e. The summed E-state index contributed by atoms with van der Waals surface area (Å²) < 4.78 is 7.39. The summed E-state index contributed by atoms with van der Waals surface area (Å²) in [5.41, 5.74) is 3.49. The average Bonchev–Trinajstić information content (AvgIpc) is 2.65. The fourth-order valence-electron chi connectivity index (χ4n) is 2.44. The molecule has 2 rings (SSSR count). The number of rotatable bonds is 3. The van der Waals surface area contributed by atoms with Gasteiger partial charge in [-0.1, -0.05) is 0 Å². The van der Waals surface area contributed by atoms with E-state index in [0.29, 0.717) is 13.2 Å². The van der Waals surface area contributed by atoms with E-state index in [4.69, 9.17) is 4.74 Å². The maximum absolute atomic E-state index is 11.6. The number of amides is 1. The number of nitrogens with one attached hydrogen (secondary N) is 1. The third kappa shape index (κ3) is 2.96. The first-order valence-corrected chi connectivity index (χ1v) is 6.57. The number of hydrogen-bond acceptors (Lipinski definition) is 4. The molecular weight excluding hydrogens is 244 g/mol. The van der Waals surface area contributed by atoms with E-state index in [0.717, 1.165) is 18.8 Å². The molecule has 1 amide bonds. The number of aromatic nitrogens is 2. The molecule has 6 heteroatoms. The number of nitrogens with zero attached hydrogens (tertiary/aromatic N) is 3. The van der Waals surface area contributed by atoms with Crippen molar-refractivity contribution in [3.63, 3.8) is 0 Å². The Kier molecular flexibility index (Phi) is 4.21. The third-order valence-electron chi connectivity index (χ3n) is 3.73. The van der Waals surface area contributed by atoms with Gasteiger partial charge in [0, 0.05) is 45.0 Å². The topological polar surface area (TPSA) is 59.4 Å². The molecule has 0 saturated carbocycles. The summed E-state index contributed by atoms with van der Waals surface area (Å²) in [7, 11) is 3.60. The molecule has 1 aromatic heterocycles. The van der Waals surface area contributed by atoms with Gasteiger partial charge in [-0.3, -0.25) is 14.4 Å². The van der Waals surface area contributed by atoms with Crippen LogP contribution >= 0.6 is 0 Å². The molecule has 1 aliphatic rings. The first kappa shape index (κ1) is 14.0. The van der Waals surface area contributed by atoms with E-state index in [1.54, 1.807) is 7.05 Å². The first-order valence-electron chi connectivity index (χ1n) is 6.57. The monoisotopic (exact) mass is 266 g/mol. The van der Waals surface area contributed by atoms with Crippen molar-refractivity contribution >= 4 is 5.91 Å². The molecule has 0 bridgehead atoms. The fraction of sp³-hybridized carbons (Fsp3) is 0.692. The third-order valence-corrected chi connectivity index (χ3v) is 3.73. The van der Waals surface area contributed by atoms with Crippen LogP contribution in [0.25, 0.3) is 0 Å². The van der Waals surface area contributed by atoms with Gasteiger partial charge < -0.3 is 10.1 Å². The van der Waals surface area contributed by atoms with Crippen molar-refractivity contribution in [1.82, 2.24) is 20.0 Å². The van der Waals surface area contributed by atoms with E-state index in [9.17, 15) is 4.79 Å². The Morgan fingerprint density at radius 3 is 2.84 bits per heavy atom. The molecule has 0 spiro atoms. The van der Waals surface area contributed by atoms with Crippen molar-refractivity contribution in [3.8, 4) is 0 Å². The molecule has 19 heavy (non-hydrogen) atoms. The second kappa shape index (κ2) is 5.71. The lowest BCUT2D eigenvalue weighted by Crippen LogP contribution is -2.48. The summed E-state index contributed by atoms with van der Waals surface area (Å²) >= 11 is 0. The Morgan fingerprint density at radius 1 is 1.53 bits per heavy atom. The molecule has 1 atom stereocenters. The standard InChI is InChI=1S/C13H22N4O2/c1-9-11(10(2)16(4)15-9)7-17-5-6-19-12(8-17)13(18)14-3/h12H,5-8H2,1-4H3,(H,14,18). The molecule has 0 aliphatic carbocycles. The van der Waals surface area contributed by atoms with Gasteiger partial charge in [0.2, 0.25) is 5.91 Å². The van der Waals surface area contributed by atoms with Gasteiger partial charge in [0.05, 0.1) is 12.3 Å². The van der Waals surface area contributed by atoms with Crippen molar-refractivity contribution < 1.29 is 9.53 Å². The van der Waals surface area contributed by atoms with Crippen LogP contribution in [-0.2, 0) is 23.1 Å². The molecule has 1 unspecified atom stereocenters. The van der Waals surface area contributed by atoms with Gasteiger partial charge in [0.1, 0.15) is 6.10 Å². The number of ether oxygens (including phenoxy) is 1. The van der Waals surface area contributed by atoms with Crippen LogP contribution in [0.3, 0.4) is 0 Å². The summed E-state index contributed by atoms with van der Waals surface area (Å²) in [5, 5.41) is 7.06. The zero-order chi connectivity index (χ0) is 14.0. The molecule has 1 aliphatic heterocycles. The first-order chi connectivity index (χ1) is 9.02. The van der Waals surface area contributed by atoms with E-state index in [-0.39, 0.29) is 12.0 Å².